The second-order valence-electron chi connectivity index (χ2n) is 5.22. The molecule has 0 radical (unpaired) electrons. The SMILES string of the molecule is COc1ccccc1C1(COc2ccc(F)cc2)CC1. The highest BCUT2D eigenvalue weighted by Crippen LogP contribution is 2.51. The van der Waals surface area contributed by atoms with Gasteiger partial charge in [-0.25, -0.2) is 4.39 Å². The Labute approximate surface area is 118 Å². The van der Waals surface area contributed by atoms with Crippen LogP contribution in [0.3, 0.4) is 0 Å². The average Bonchev–Trinajstić information content (AvgIpc) is 3.28. The van der Waals surface area contributed by atoms with Gasteiger partial charge in [0.25, 0.3) is 0 Å². The molecular formula is C17H17FO2. The van der Waals surface area contributed by atoms with Gasteiger partial charge in [0.1, 0.15) is 17.3 Å². The van der Waals surface area contributed by atoms with Gasteiger partial charge in [-0.3, -0.25) is 0 Å². The Balaban J connectivity index is 1.75. The first-order chi connectivity index (χ1) is 9.73. The summed E-state index contributed by atoms with van der Waals surface area (Å²) in [4.78, 5) is 0. The molecule has 2 nitrogen and oxygen atoms in total. The molecule has 0 aliphatic heterocycles. The van der Waals surface area contributed by atoms with E-state index < -0.39 is 0 Å². The van der Waals surface area contributed by atoms with Gasteiger partial charge in [-0.15, -0.1) is 0 Å². The van der Waals surface area contributed by atoms with E-state index in [-0.39, 0.29) is 11.2 Å². The summed E-state index contributed by atoms with van der Waals surface area (Å²) in [5, 5.41) is 0. The van der Waals surface area contributed by atoms with Crippen molar-refractivity contribution in [1.29, 1.82) is 0 Å². The second kappa shape index (κ2) is 5.16. The van der Waals surface area contributed by atoms with Gasteiger partial charge in [0.05, 0.1) is 13.7 Å². The number of hydrogen-bond acceptors (Lipinski definition) is 2. The molecule has 1 fully saturated rings. The van der Waals surface area contributed by atoms with Crippen LogP contribution in [0.4, 0.5) is 4.39 Å². The molecule has 0 atom stereocenters. The quantitative estimate of drug-likeness (QED) is 0.820. The van der Waals surface area contributed by atoms with Crippen molar-refractivity contribution in [3.05, 3.63) is 59.9 Å². The zero-order valence-corrected chi connectivity index (χ0v) is 11.4. The monoisotopic (exact) mass is 272 g/mol. The third-order valence-corrected chi connectivity index (χ3v) is 3.86. The number of methoxy groups -OCH3 is 1. The minimum absolute atomic E-state index is 0.0426. The molecule has 2 aromatic carbocycles. The molecule has 0 heterocycles. The lowest BCUT2D eigenvalue weighted by Gasteiger charge is -2.19. The van der Waals surface area contributed by atoms with Gasteiger partial charge in [0, 0.05) is 11.0 Å². The molecule has 3 rings (SSSR count). The standard InChI is InChI=1S/C17H17FO2/c1-19-16-5-3-2-4-15(16)17(10-11-17)12-20-14-8-6-13(18)7-9-14/h2-9H,10-12H2,1H3. The molecule has 3 heteroatoms. The summed E-state index contributed by atoms with van der Waals surface area (Å²) in [6, 6.07) is 14.2. The van der Waals surface area contributed by atoms with E-state index in [1.165, 1.54) is 17.7 Å². The Morgan fingerprint density at radius 2 is 1.75 bits per heavy atom. The van der Waals surface area contributed by atoms with Crippen molar-refractivity contribution in [1.82, 2.24) is 0 Å². The molecule has 0 amide bonds. The first-order valence-corrected chi connectivity index (χ1v) is 6.75. The van der Waals surface area contributed by atoms with Crippen LogP contribution in [0, 0.1) is 5.82 Å². The van der Waals surface area contributed by atoms with E-state index in [0.717, 1.165) is 18.6 Å². The Morgan fingerprint density at radius 1 is 1.05 bits per heavy atom. The van der Waals surface area contributed by atoms with Crippen LogP contribution in [0.15, 0.2) is 48.5 Å². The zero-order valence-electron chi connectivity index (χ0n) is 11.4. The molecular weight excluding hydrogens is 255 g/mol. The van der Waals surface area contributed by atoms with Crippen LogP contribution < -0.4 is 9.47 Å². The van der Waals surface area contributed by atoms with Crippen molar-refractivity contribution in [3.63, 3.8) is 0 Å². The maximum atomic E-state index is 12.9. The normalized spacial score (nSPS) is 15.7. The first-order valence-electron chi connectivity index (χ1n) is 6.75. The van der Waals surface area contributed by atoms with Crippen LogP contribution in [0.5, 0.6) is 11.5 Å². The van der Waals surface area contributed by atoms with E-state index in [0.29, 0.717) is 12.4 Å². The summed E-state index contributed by atoms with van der Waals surface area (Å²) >= 11 is 0. The van der Waals surface area contributed by atoms with Gasteiger partial charge in [-0.05, 0) is 43.2 Å². The summed E-state index contributed by atoms with van der Waals surface area (Å²) in [7, 11) is 1.69. The third kappa shape index (κ3) is 2.48. The minimum atomic E-state index is -0.247. The molecule has 0 aromatic heterocycles. The maximum Gasteiger partial charge on any atom is 0.123 e. The van der Waals surface area contributed by atoms with Crippen LogP contribution in [-0.2, 0) is 5.41 Å². The largest absolute Gasteiger partial charge is 0.496 e. The number of hydrogen-bond donors (Lipinski definition) is 0. The van der Waals surface area contributed by atoms with Gasteiger partial charge >= 0.3 is 0 Å². The first kappa shape index (κ1) is 13.0. The predicted octanol–water partition coefficient (Wildman–Crippen LogP) is 3.94. The second-order valence-corrected chi connectivity index (χ2v) is 5.22. The van der Waals surface area contributed by atoms with Crippen LogP contribution in [0.2, 0.25) is 0 Å². The fourth-order valence-corrected chi connectivity index (χ4v) is 2.48. The zero-order chi connectivity index (χ0) is 14.0. The van der Waals surface area contributed by atoms with Gasteiger partial charge < -0.3 is 9.47 Å². The minimum Gasteiger partial charge on any atom is -0.496 e. The van der Waals surface area contributed by atoms with Gasteiger partial charge in [-0.2, -0.15) is 0 Å². The van der Waals surface area contributed by atoms with Gasteiger partial charge in [-0.1, -0.05) is 18.2 Å². The van der Waals surface area contributed by atoms with Gasteiger partial charge in [0.2, 0.25) is 0 Å². The highest BCUT2D eigenvalue weighted by molar-refractivity contribution is 5.43. The lowest BCUT2D eigenvalue weighted by atomic mass is 9.96. The van der Waals surface area contributed by atoms with Crippen molar-refractivity contribution in [2.24, 2.45) is 0 Å². The molecule has 2 aromatic rings. The van der Waals surface area contributed by atoms with Crippen molar-refractivity contribution in [2.45, 2.75) is 18.3 Å². The number of halogens is 1. The molecule has 1 saturated carbocycles. The molecule has 0 N–H and O–H groups in total. The molecule has 0 unspecified atom stereocenters. The van der Waals surface area contributed by atoms with Crippen LogP contribution in [0.25, 0.3) is 0 Å². The Kier molecular flexibility index (Phi) is 3.35. The Hall–Kier alpha value is -2.03. The fraction of sp³-hybridized carbons (Fsp3) is 0.294. The van der Waals surface area contributed by atoms with E-state index in [1.54, 1.807) is 19.2 Å². The van der Waals surface area contributed by atoms with Crippen molar-refractivity contribution >= 4 is 0 Å². The highest BCUT2D eigenvalue weighted by Gasteiger charge is 2.47. The van der Waals surface area contributed by atoms with Crippen molar-refractivity contribution < 1.29 is 13.9 Å². The van der Waals surface area contributed by atoms with E-state index in [9.17, 15) is 4.39 Å². The molecule has 0 saturated heterocycles. The topological polar surface area (TPSA) is 18.5 Å². The number of ether oxygens (including phenoxy) is 2. The molecule has 0 bridgehead atoms. The van der Waals surface area contributed by atoms with Crippen LogP contribution in [0.1, 0.15) is 18.4 Å². The van der Waals surface area contributed by atoms with E-state index in [2.05, 4.69) is 6.07 Å². The number of rotatable bonds is 5. The van der Waals surface area contributed by atoms with Gasteiger partial charge in [0.15, 0.2) is 0 Å². The van der Waals surface area contributed by atoms with E-state index in [4.69, 9.17) is 9.47 Å². The van der Waals surface area contributed by atoms with Crippen molar-refractivity contribution in [3.8, 4) is 11.5 Å². The van der Waals surface area contributed by atoms with Crippen LogP contribution >= 0.6 is 0 Å². The van der Waals surface area contributed by atoms with E-state index in [1.807, 2.05) is 18.2 Å². The smallest absolute Gasteiger partial charge is 0.123 e. The average molecular weight is 272 g/mol. The number of benzene rings is 2. The van der Waals surface area contributed by atoms with Crippen molar-refractivity contribution in [2.75, 3.05) is 13.7 Å². The maximum absolute atomic E-state index is 12.9. The Bertz CT molecular complexity index is 588. The molecule has 0 spiro atoms. The fourth-order valence-electron chi connectivity index (χ4n) is 2.48. The lowest BCUT2D eigenvalue weighted by Crippen LogP contribution is -2.18. The predicted molar refractivity (Wildman–Crippen MR) is 75.8 cm³/mol. The summed E-state index contributed by atoms with van der Waals surface area (Å²) in [6.07, 6.45) is 2.18. The molecule has 1 aliphatic rings. The number of para-hydroxylation sites is 1. The summed E-state index contributed by atoms with van der Waals surface area (Å²) in [6.45, 7) is 0.596. The summed E-state index contributed by atoms with van der Waals surface area (Å²) in [5.41, 5.74) is 1.24. The summed E-state index contributed by atoms with van der Waals surface area (Å²) < 4.78 is 24.1. The molecule has 104 valence electrons. The lowest BCUT2D eigenvalue weighted by molar-refractivity contribution is 0.273. The van der Waals surface area contributed by atoms with Crippen LogP contribution in [-0.4, -0.2) is 13.7 Å². The Morgan fingerprint density at radius 3 is 2.40 bits per heavy atom. The molecule has 20 heavy (non-hydrogen) atoms. The van der Waals surface area contributed by atoms with E-state index >= 15 is 0 Å². The highest BCUT2D eigenvalue weighted by atomic mass is 19.1. The third-order valence-electron chi connectivity index (χ3n) is 3.86. The molecule has 1 aliphatic carbocycles. The summed E-state index contributed by atoms with van der Waals surface area (Å²) in [5.74, 6) is 1.36.